The zero-order valence-corrected chi connectivity index (χ0v) is 5.70. The fourth-order valence-electron chi connectivity index (χ4n) is 0.709. The molecule has 1 heterocycles. The van der Waals surface area contributed by atoms with Gasteiger partial charge < -0.3 is 5.73 Å². The van der Waals surface area contributed by atoms with Gasteiger partial charge in [-0.2, -0.15) is 0 Å². The summed E-state index contributed by atoms with van der Waals surface area (Å²) in [7, 11) is 0. The fourth-order valence-corrected chi connectivity index (χ4v) is 0.709. The highest BCUT2D eigenvalue weighted by molar-refractivity contribution is 5.17. The number of hydrogen-bond donors (Lipinski definition) is 1. The summed E-state index contributed by atoms with van der Waals surface area (Å²) in [5.74, 6) is 0. The molecule has 0 unspecified atom stereocenters. The van der Waals surface area contributed by atoms with Crippen LogP contribution < -0.4 is 5.73 Å². The van der Waals surface area contributed by atoms with Gasteiger partial charge in [0.2, 0.25) is 0 Å². The number of rotatable bonds is 2. The van der Waals surface area contributed by atoms with Gasteiger partial charge in [0.15, 0.2) is 0 Å². The molecule has 1 atom stereocenters. The van der Waals surface area contributed by atoms with Gasteiger partial charge >= 0.3 is 0 Å². The smallest absolute Gasteiger partial charge is 0.0493 e. The van der Waals surface area contributed by atoms with Gasteiger partial charge in [-0.05, 0) is 11.6 Å². The minimum Gasteiger partial charge on any atom is -0.321 e. The fraction of sp³-hybridized carbons (Fsp3) is 0.125. The van der Waals surface area contributed by atoms with Gasteiger partial charge in [-0.25, -0.2) is 0 Å². The predicted molar refractivity (Wildman–Crippen MR) is 41.4 cm³/mol. The Morgan fingerprint density at radius 1 is 1.70 bits per heavy atom. The Balaban J connectivity index is 2.84. The summed E-state index contributed by atoms with van der Waals surface area (Å²) in [5.41, 5.74) is 6.63. The molecule has 0 radical (unpaired) electrons. The molecule has 0 amide bonds. The lowest BCUT2D eigenvalue weighted by atomic mass is 10.1. The van der Waals surface area contributed by atoms with Crippen LogP contribution in [0.3, 0.4) is 0 Å². The molecule has 0 fully saturated rings. The maximum atomic E-state index is 5.64. The highest BCUT2D eigenvalue weighted by atomic mass is 14.7. The molecule has 0 bridgehead atoms. The maximum Gasteiger partial charge on any atom is 0.0493 e. The van der Waals surface area contributed by atoms with Crippen LogP contribution in [-0.2, 0) is 0 Å². The van der Waals surface area contributed by atoms with E-state index in [1.54, 1.807) is 18.5 Å². The molecule has 0 aliphatic rings. The maximum absolute atomic E-state index is 5.64. The molecule has 0 saturated carbocycles. The predicted octanol–water partition coefficient (Wildman–Crippen LogP) is 1.27. The molecule has 2 nitrogen and oxygen atoms in total. The first-order chi connectivity index (χ1) is 4.84. The summed E-state index contributed by atoms with van der Waals surface area (Å²) >= 11 is 0. The van der Waals surface area contributed by atoms with Crippen molar-refractivity contribution in [3.05, 3.63) is 42.7 Å². The number of hydrogen-bond acceptors (Lipinski definition) is 2. The Labute approximate surface area is 60.4 Å². The summed E-state index contributed by atoms with van der Waals surface area (Å²) < 4.78 is 0. The summed E-state index contributed by atoms with van der Waals surface area (Å²) in [5, 5.41) is 0. The number of nitrogens with two attached hydrogens (primary N) is 1. The van der Waals surface area contributed by atoms with Crippen molar-refractivity contribution in [2.45, 2.75) is 6.04 Å². The minimum absolute atomic E-state index is 0.0892. The zero-order chi connectivity index (χ0) is 7.40. The third kappa shape index (κ3) is 1.42. The molecule has 2 N–H and O–H groups in total. The molecule has 0 aliphatic carbocycles. The van der Waals surface area contributed by atoms with Crippen molar-refractivity contribution >= 4 is 0 Å². The summed E-state index contributed by atoms with van der Waals surface area (Å²) in [6, 6.07) is 3.70. The van der Waals surface area contributed by atoms with Gasteiger partial charge in [0, 0.05) is 18.4 Å². The Morgan fingerprint density at radius 3 is 3.00 bits per heavy atom. The quantitative estimate of drug-likeness (QED) is 0.618. The van der Waals surface area contributed by atoms with E-state index in [-0.39, 0.29) is 6.04 Å². The van der Waals surface area contributed by atoms with Crippen LogP contribution in [0.2, 0.25) is 0 Å². The van der Waals surface area contributed by atoms with E-state index in [0.717, 1.165) is 5.56 Å². The molecule has 1 aromatic rings. The van der Waals surface area contributed by atoms with Gasteiger partial charge in [0.25, 0.3) is 0 Å². The lowest BCUT2D eigenvalue weighted by Gasteiger charge is -2.03. The number of pyridine rings is 1. The topological polar surface area (TPSA) is 38.9 Å². The molecule has 0 spiro atoms. The van der Waals surface area contributed by atoms with Crippen LogP contribution in [0, 0.1) is 0 Å². The van der Waals surface area contributed by atoms with Crippen molar-refractivity contribution in [1.82, 2.24) is 4.98 Å². The standard InChI is InChI=1S/C8H10N2/c1-2-8(9)7-4-3-5-10-6-7/h2-6,8H,1,9H2/t8-/m1/s1. The second-order valence-corrected chi connectivity index (χ2v) is 2.05. The van der Waals surface area contributed by atoms with Crippen molar-refractivity contribution in [3.8, 4) is 0 Å². The Bertz CT molecular complexity index is 206. The summed E-state index contributed by atoms with van der Waals surface area (Å²) in [6.07, 6.45) is 5.16. The van der Waals surface area contributed by atoms with E-state index in [1.165, 1.54) is 0 Å². The Kier molecular flexibility index (Phi) is 2.18. The molecule has 0 aliphatic heterocycles. The second kappa shape index (κ2) is 3.13. The summed E-state index contributed by atoms with van der Waals surface area (Å²) in [4.78, 5) is 3.93. The van der Waals surface area contributed by atoms with E-state index in [1.807, 2.05) is 12.1 Å². The largest absolute Gasteiger partial charge is 0.321 e. The number of aromatic nitrogens is 1. The molecule has 10 heavy (non-hydrogen) atoms. The zero-order valence-electron chi connectivity index (χ0n) is 5.70. The van der Waals surface area contributed by atoms with Crippen LogP contribution >= 0.6 is 0 Å². The van der Waals surface area contributed by atoms with Gasteiger partial charge in [-0.15, -0.1) is 6.58 Å². The van der Waals surface area contributed by atoms with Crippen molar-refractivity contribution in [2.24, 2.45) is 5.73 Å². The highest BCUT2D eigenvalue weighted by Crippen LogP contribution is 2.07. The normalized spacial score (nSPS) is 12.5. The molecule has 1 aromatic heterocycles. The monoisotopic (exact) mass is 134 g/mol. The van der Waals surface area contributed by atoms with Gasteiger partial charge in [-0.1, -0.05) is 12.1 Å². The first-order valence-corrected chi connectivity index (χ1v) is 3.12. The van der Waals surface area contributed by atoms with Crippen LogP contribution in [0.15, 0.2) is 37.2 Å². The molecule has 52 valence electrons. The van der Waals surface area contributed by atoms with Crippen LogP contribution in [0.1, 0.15) is 11.6 Å². The molecule has 2 heteroatoms. The van der Waals surface area contributed by atoms with Crippen molar-refractivity contribution in [2.75, 3.05) is 0 Å². The Hall–Kier alpha value is -1.15. The van der Waals surface area contributed by atoms with Crippen LogP contribution in [0.25, 0.3) is 0 Å². The molecule has 0 aromatic carbocycles. The lowest BCUT2D eigenvalue weighted by molar-refractivity contribution is 0.904. The van der Waals surface area contributed by atoms with Crippen LogP contribution in [0.4, 0.5) is 0 Å². The lowest BCUT2D eigenvalue weighted by Crippen LogP contribution is -2.05. The summed E-state index contributed by atoms with van der Waals surface area (Å²) in [6.45, 7) is 3.58. The van der Waals surface area contributed by atoms with E-state index in [4.69, 9.17) is 5.73 Å². The van der Waals surface area contributed by atoms with Crippen molar-refractivity contribution < 1.29 is 0 Å². The van der Waals surface area contributed by atoms with Gasteiger partial charge in [-0.3, -0.25) is 4.98 Å². The SMILES string of the molecule is C=C[C@@H](N)c1cccnc1. The van der Waals surface area contributed by atoms with Crippen LogP contribution in [0.5, 0.6) is 0 Å². The van der Waals surface area contributed by atoms with Crippen molar-refractivity contribution in [3.63, 3.8) is 0 Å². The molecular formula is C8H10N2. The van der Waals surface area contributed by atoms with E-state index in [9.17, 15) is 0 Å². The Morgan fingerprint density at radius 2 is 2.50 bits per heavy atom. The van der Waals surface area contributed by atoms with Gasteiger partial charge in [0.05, 0.1) is 0 Å². The molecular weight excluding hydrogens is 124 g/mol. The third-order valence-electron chi connectivity index (χ3n) is 1.32. The molecule has 0 saturated heterocycles. The van der Waals surface area contributed by atoms with Crippen LogP contribution in [-0.4, -0.2) is 4.98 Å². The highest BCUT2D eigenvalue weighted by Gasteiger charge is 1.97. The van der Waals surface area contributed by atoms with E-state index < -0.39 is 0 Å². The number of nitrogens with zero attached hydrogens (tertiary/aromatic N) is 1. The average Bonchev–Trinajstić information content (AvgIpc) is 2.05. The van der Waals surface area contributed by atoms with E-state index in [0.29, 0.717) is 0 Å². The third-order valence-corrected chi connectivity index (χ3v) is 1.32. The van der Waals surface area contributed by atoms with Crippen molar-refractivity contribution in [1.29, 1.82) is 0 Å². The molecule has 1 rings (SSSR count). The first-order valence-electron chi connectivity index (χ1n) is 3.12. The average molecular weight is 134 g/mol. The van der Waals surface area contributed by atoms with Gasteiger partial charge in [0.1, 0.15) is 0 Å². The minimum atomic E-state index is -0.0892. The first kappa shape index (κ1) is 6.96. The van der Waals surface area contributed by atoms with E-state index >= 15 is 0 Å². The second-order valence-electron chi connectivity index (χ2n) is 2.05. The van der Waals surface area contributed by atoms with E-state index in [2.05, 4.69) is 11.6 Å².